The summed E-state index contributed by atoms with van der Waals surface area (Å²) in [6, 6.07) is 0. The predicted molar refractivity (Wildman–Crippen MR) is 29.1 cm³/mol. The fourth-order valence-electron chi connectivity index (χ4n) is 0.231. The summed E-state index contributed by atoms with van der Waals surface area (Å²) in [4.78, 5) is -3.35. The zero-order valence-electron chi connectivity index (χ0n) is 4.30. The van der Waals surface area contributed by atoms with Crippen molar-refractivity contribution in [2.45, 2.75) is 24.3 Å². The highest BCUT2D eigenvalue weighted by Gasteiger charge is 2.34. The maximum atomic E-state index is 11.8. The molecule has 0 aliphatic rings. The molecule has 0 saturated heterocycles. The van der Waals surface area contributed by atoms with Gasteiger partial charge in [0.15, 0.2) is 6.17 Å². The quantitative estimate of drug-likeness (QED) is 0.588. The molecular weight excluding hydrogens is 185 g/mol. The summed E-state index contributed by atoms with van der Waals surface area (Å²) < 4.78 is 35.2. The van der Waals surface area contributed by atoms with Gasteiger partial charge in [-0.15, -0.1) is 0 Å². The van der Waals surface area contributed by atoms with Crippen molar-refractivity contribution in [2.75, 3.05) is 0 Å². The lowest BCUT2D eigenvalue weighted by atomic mass is 10.3. The van der Waals surface area contributed by atoms with E-state index in [1.807, 2.05) is 15.9 Å². The molecule has 0 bridgehead atoms. The summed E-state index contributed by atoms with van der Waals surface area (Å²) in [6.45, 7) is 1.36. The Labute approximate surface area is 54.2 Å². The van der Waals surface area contributed by atoms with Crippen molar-refractivity contribution >= 4 is 15.9 Å². The smallest absolute Gasteiger partial charge is 0.240 e. The number of alkyl halides is 4. The second kappa shape index (κ2) is 2.71. The maximum absolute atomic E-state index is 11.8. The monoisotopic (exact) mass is 190 g/mol. The Morgan fingerprint density at radius 2 is 2.00 bits per heavy atom. The first-order valence-electron chi connectivity index (χ1n) is 2.19. The van der Waals surface area contributed by atoms with Gasteiger partial charge in [-0.05, 0) is 22.4 Å². The predicted octanol–water partition coefficient (Wildman–Crippen LogP) is 2.72. The molecule has 1 atom stereocenters. The molecule has 0 aliphatic heterocycles. The molecule has 50 valence electrons. The van der Waals surface area contributed by atoms with Crippen LogP contribution in [0, 0.1) is 0 Å². The standard InChI is InChI=1S/C4H6BrF3/c1-2-3(6)4(5,7)8/h3H,2H2,1H3. The first-order chi connectivity index (χ1) is 3.48. The molecule has 0 spiro atoms. The zero-order chi connectivity index (χ0) is 6.78. The van der Waals surface area contributed by atoms with Crippen LogP contribution < -0.4 is 0 Å². The van der Waals surface area contributed by atoms with Crippen LogP contribution in [0.3, 0.4) is 0 Å². The van der Waals surface area contributed by atoms with Crippen molar-refractivity contribution in [3.63, 3.8) is 0 Å². The van der Waals surface area contributed by atoms with Crippen molar-refractivity contribution < 1.29 is 13.2 Å². The third-order valence-corrected chi connectivity index (χ3v) is 1.21. The molecule has 0 N–H and O–H groups in total. The van der Waals surface area contributed by atoms with Gasteiger partial charge >= 0.3 is 4.83 Å². The van der Waals surface area contributed by atoms with Gasteiger partial charge < -0.3 is 0 Å². The minimum atomic E-state index is -3.35. The van der Waals surface area contributed by atoms with Crippen LogP contribution in [0.5, 0.6) is 0 Å². The summed E-state index contributed by atoms with van der Waals surface area (Å²) in [6.07, 6.45) is -2.24. The van der Waals surface area contributed by atoms with Crippen LogP contribution in [0.25, 0.3) is 0 Å². The molecule has 0 amide bonds. The van der Waals surface area contributed by atoms with Gasteiger partial charge in [-0.1, -0.05) is 6.92 Å². The largest absolute Gasteiger partial charge is 0.331 e. The van der Waals surface area contributed by atoms with E-state index < -0.39 is 11.0 Å². The van der Waals surface area contributed by atoms with E-state index in [1.54, 1.807) is 0 Å². The summed E-state index contributed by atoms with van der Waals surface area (Å²) >= 11 is 1.90. The molecular formula is C4H6BrF3. The summed E-state index contributed by atoms with van der Waals surface area (Å²) in [7, 11) is 0. The van der Waals surface area contributed by atoms with Gasteiger partial charge in [0, 0.05) is 0 Å². The average molecular weight is 191 g/mol. The normalized spacial score (nSPS) is 16.1. The second-order valence-corrected chi connectivity index (χ2v) is 2.47. The first-order valence-corrected chi connectivity index (χ1v) is 2.98. The second-order valence-electron chi connectivity index (χ2n) is 1.42. The highest BCUT2D eigenvalue weighted by Crippen LogP contribution is 2.29. The topological polar surface area (TPSA) is 0 Å². The minimum Gasteiger partial charge on any atom is -0.240 e. The molecule has 4 heteroatoms. The van der Waals surface area contributed by atoms with Gasteiger partial charge in [0.25, 0.3) is 0 Å². The number of rotatable bonds is 2. The number of halogens is 4. The molecule has 0 aliphatic carbocycles. The Kier molecular flexibility index (Phi) is 2.80. The Balaban J connectivity index is 3.62. The van der Waals surface area contributed by atoms with Crippen LogP contribution >= 0.6 is 15.9 Å². The lowest BCUT2D eigenvalue weighted by molar-refractivity contribution is 0.0204. The minimum absolute atomic E-state index is 0.168. The van der Waals surface area contributed by atoms with E-state index in [-0.39, 0.29) is 6.42 Å². The van der Waals surface area contributed by atoms with Crippen LogP contribution in [-0.4, -0.2) is 11.0 Å². The van der Waals surface area contributed by atoms with Gasteiger partial charge in [0.1, 0.15) is 0 Å². The first kappa shape index (κ1) is 8.27. The van der Waals surface area contributed by atoms with Crippen molar-refractivity contribution in [2.24, 2.45) is 0 Å². The molecule has 0 radical (unpaired) electrons. The van der Waals surface area contributed by atoms with Crippen LogP contribution in [0.2, 0.25) is 0 Å². The van der Waals surface area contributed by atoms with Gasteiger partial charge in [0.2, 0.25) is 0 Å². The van der Waals surface area contributed by atoms with Crippen molar-refractivity contribution in [1.82, 2.24) is 0 Å². The van der Waals surface area contributed by atoms with Crippen molar-refractivity contribution in [3.8, 4) is 0 Å². The van der Waals surface area contributed by atoms with Crippen LogP contribution in [-0.2, 0) is 0 Å². The lowest BCUT2D eigenvalue weighted by Crippen LogP contribution is -2.20. The fourth-order valence-corrected chi connectivity index (χ4v) is 0.555. The van der Waals surface area contributed by atoms with Crippen molar-refractivity contribution in [1.29, 1.82) is 0 Å². The van der Waals surface area contributed by atoms with E-state index in [2.05, 4.69) is 0 Å². The van der Waals surface area contributed by atoms with Gasteiger partial charge in [-0.3, -0.25) is 0 Å². The third-order valence-electron chi connectivity index (χ3n) is 0.714. The highest BCUT2D eigenvalue weighted by atomic mass is 79.9. The van der Waals surface area contributed by atoms with E-state index in [9.17, 15) is 13.2 Å². The molecule has 0 nitrogen and oxygen atoms in total. The van der Waals surface area contributed by atoms with E-state index in [4.69, 9.17) is 0 Å². The van der Waals surface area contributed by atoms with Crippen molar-refractivity contribution in [3.05, 3.63) is 0 Å². The van der Waals surface area contributed by atoms with Gasteiger partial charge in [0.05, 0.1) is 0 Å². The number of hydrogen-bond donors (Lipinski definition) is 0. The van der Waals surface area contributed by atoms with E-state index >= 15 is 0 Å². The van der Waals surface area contributed by atoms with E-state index in [1.165, 1.54) is 6.92 Å². The molecule has 0 heterocycles. The van der Waals surface area contributed by atoms with E-state index in [0.29, 0.717) is 0 Å². The molecule has 0 aromatic heterocycles. The SMILES string of the molecule is CCC(F)C(F)(F)Br. The fraction of sp³-hybridized carbons (Fsp3) is 1.00. The Morgan fingerprint density at radius 1 is 1.62 bits per heavy atom. The van der Waals surface area contributed by atoms with Gasteiger partial charge in [-0.2, -0.15) is 8.78 Å². The molecule has 0 fully saturated rings. The molecule has 0 aromatic carbocycles. The summed E-state index contributed by atoms with van der Waals surface area (Å²) in [5, 5.41) is 0. The molecule has 0 aromatic rings. The maximum Gasteiger partial charge on any atom is 0.331 e. The average Bonchev–Trinajstić information content (AvgIpc) is 1.62. The number of hydrogen-bond acceptors (Lipinski definition) is 0. The van der Waals surface area contributed by atoms with Gasteiger partial charge in [-0.25, -0.2) is 4.39 Å². The van der Waals surface area contributed by atoms with Crippen LogP contribution in [0.4, 0.5) is 13.2 Å². The Morgan fingerprint density at radius 3 is 2.00 bits per heavy atom. The third kappa shape index (κ3) is 2.55. The molecule has 0 saturated carbocycles. The van der Waals surface area contributed by atoms with E-state index in [0.717, 1.165) is 0 Å². The summed E-state index contributed by atoms with van der Waals surface area (Å²) in [5.41, 5.74) is 0. The molecule has 8 heavy (non-hydrogen) atoms. The Bertz CT molecular complexity index is 68.2. The van der Waals surface area contributed by atoms with Crippen LogP contribution in [0.15, 0.2) is 0 Å². The Hall–Kier alpha value is 0.270. The zero-order valence-corrected chi connectivity index (χ0v) is 5.88. The molecule has 1 unspecified atom stereocenters. The highest BCUT2D eigenvalue weighted by molar-refractivity contribution is 9.10. The lowest BCUT2D eigenvalue weighted by Gasteiger charge is -2.10. The molecule has 0 rings (SSSR count). The van der Waals surface area contributed by atoms with Crippen LogP contribution in [0.1, 0.15) is 13.3 Å². The summed E-state index contributed by atoms with van der Waals surface area (Å²) in [5.74, 6) is 0.